The van der Waals surface area contributed by atoms with E-state index in [2.05, 4.69) is 21.2 Å². The number of fused-ring (bicyclic) bond motifs is 1. The van der Waals surface area contributed by atoms with Crippen molar-refractivity contribution >= 4 is 59.0 Å². The maximum atomic E-state index is 12.0. The van der Waals surface area contributed by atoms with E-state index in [1.54, 1.807) is 0 Å². The Bertz CT molecular complexity index is 771. The number of halogens is 1. The minimum absolute atomic E-state index is 0.0466. The molecule has 6 nitrogen and oxygen atoms in total. The van der Waals surface area contributed by atoms with Gasteiger partial charge in [0.15, 0.2) is 0 Å². The van der Waals surface area contributed by atoms with Crippen molar-refractivity contribution < 1.29 is 13.2 Å². The van der Waals surface area contributed by atoms with E-state index in [0.717, 1.165) is 14.6 Å². The molecule has 0 saturated heterocycles. The van der Waals surface area contributed by atoms with E-state index in [4.69, 9.17) is 10.9 Å². The molecule has 5 N–H and O–H groups in total. The number of anilines is 1. The van der Waals surface area contributed by atoms with Gasteiger partial charge < -0.3 is 11.1 Å². The van der Waals surface area contributed by atoms with Gasteiger partial charge in [0.25, 0.3) is 5.91 Å². The van der Waals surface area contributed by atoms with Crippen LogP contribution in [-0.2, 0) is 10.0 Å². The van der Waals surface area contributed by atoms with Crippen LogP contribution in [-0.4, -0.2) is 26.6 Å². The number of carbonyl (C=O) groups is 1. The maximum Gasteiger partial charge on any atom is 0.263 e. The first-order valence-electron chi connectivity index (χ1n) is 5.54. The van der Waals surface area contributed by atoms with Crippen LogP contribution in [0.15, 0.2) is 22.7 Å². The fraction of sp³-hybridized carbons (Fsp3) is 0.182. The Morgan fingerprint density at radius 3 is 2.75 bits per heavy atom. The van der Waals surface area contributed by atoms with Gasteiger partial charge in [0.05, 0.1) is 11.4 Å². The predicted molar refractivity (Wildman–Crippen MR) is 84.2 cm³/mol. The molecule has 108 valence electrons. The highest BCUT2D eigenvalue weighted by atomic mass is 79.9. The van der Waals surface area contributed by atoms with Gasteiger partial charge in [-0.05, 0) is 12.1 Å². The summed E-state index contributed by atoms with van der Waals surface area (Å²) in [6, 6.07) is 5.54. The summed E-state index contributed by atoms with van der Waals surface area (Å²) < 4.78 is 23.4. The van der Waals surface area contributed by atoms with Gasteiger partial charge in [-0.2, -0.15) is 0 Å². The number of rotatable bonds is 4. The minimum atomic E-state index is -3.59. The molecule has 0 atom stereocenters. The summed E-state index contributed by atoms with van der Waals surface area (Å²) in [5.41, 5.74) is 6.33. The molecule has 1 amide bonds. The molecule has 9 heteroatoms. The highest BCUT2D eigenvalue weighted by molar-refractivity contribution is 9.10. The lowest BCUT2D eigenvalue weighted by Crippen LogP contribution is -2.31. The molecule has 0 aliphatic heterocycles. The number of amides is 1. The van der Waals surface area contributed by atoms with Gasteiger partial charge in [-0.3, -0.25) is 4.79 Å². The van der Waals surface area contributed by atoms with Crippen LogP contribution in [0.5, 0.6) is 0 Å². The summed E-state index contributed by atoms with van der Waals surface area (Å²) in [7, 11) is -3.59. The van der Waals surface area contributed by atoms with E-state index >= 15 is 0 Å². The Balaban J connectivity index is 2.20. The van der Waals surface area contributed by atoms with Gasteiger partial charge in [0.1, 0.15) is 4.88 Å². The number of carbonyl (C=O) groups excluding carboxylic acids is 1. The van der Waals surface area contributed by atoms with Crippen LogP contribution >= 0.6 is 27.3 Å². The summed E-state index contributed by atoms with van der Waals surface area (Å²) in [4.78, 5) is 12.3. The molecule has 1 aromatic heterocycles. The number of hydrogen-bond donors (Lipinski definition) is 3. The minimum Gasteiger partial charge on any atom is -0.397 e. The lowest BCUT2D eigenvalue weighted by Gasteiger charge is -2.03. The number of benzene rings is 1. The molecule has 0 unspecified atom stereocenters. The lowest BCUT2D eigenvalue weighted by molar-refractivity contribution is 0.0961. The highest BCUT2D eigenvalue weighted by Gasteiger charge is 2.16. The topological polar surface area (TPSA) is 115 Å². The van der Waals surface area contributed by atoms with Crippen molar-refractivity contribution in [1.29, 1.82) is 0 Å². The molecule has 0 saturated carbocycles. The van der Waals surface area contributed by atoms with Gasteiger partial charge in [-0.15, -0.1) is 11.3 Å². The van der Waals surface area contributed by atoms with Crippen molar-refractivity contribution in [3.8, 4) is 0 Å². The largest absolute Gasteiger partial charge is 0.397 e. The SMILES string of the molecule is Nc1c(C(=O)NCCS(N)(=O)=O)sc2cc(Br)ccc12. The van der Waals surface area contributed by atoms with Crippen LogP contribution in [0.4, 0.5) is 5.69 Å². The van der Waals surface area contributed by atoms with Gasteiger partial charge in [-0.1, -0.05) is 22.0 Å². The van der Waals surface area contributed by atoms with Crippen LogP contribution in [0.3, 0.4) is 0 Å². The molecule has 0 radical (unpaired) electrons. The molecule has 2 rings (SSSR count). The third-order valence-electron chi connectivity index (χ3n) is 2.57. The molecule has 2 aromatic rings. The summed E-state index contributed by atoms with van der Waals surface area (Å²) in [6.07, 6.45) is 0. The van der Waals surface area contributed by atoms with Gasteiger partial charge in [-0.25, -0.2) is 13.6 Å². The average Bonchev–Trinajstić information content (AvgIpc) is 2.64. The summed E-state index contributed by atoms with van der Waals surface area (Å²) in [5, 5.41) is 8.16. The number of hydrogen-bond acceptors (Lipinski definition) is 5. The Labute approximate surface area is 128 Å². The summed E-state index contributed by atoms with van der Waals surface area (Å²) in [6.45, 7) is -0.0466. The van der Waals surface area contributed by atoms with Crippen molar-refractivity contribution in [3.63, 3.8) is 0 Å². The second-order valence-electron chi connectivity index (χ2n) is 4.11. The molecule has 20 heavy (non-hydrogen) atoms. The monoisotopic (exact) mass is 377 g/mol. The number of sulfonamides is 1. The van der Waals surface area contributed by atoms with Gasteiger partial charge in [0.2, 0.25) is 10.0 Å². The molecule has 0 bridgehead atoms. The first-order chi connectivity index (χ1) is 9.28. The number of nitrogens with two attached hydrogens (primary N) is 2. The fourth-order valence-corrected chi connectivity index (χ4v) is 3.62. The Morgan fingerprint density at radius 1 is 1.40 bits per heavy atom. The van der Waals surface area contributed by atoms with Crippen LogP contribution in [0.1, 0.15) is 9.67 Å². The Morgan fingerprint density at radius 2 is 2.10 bits per heavy atom. The molecular formula is C11H12BrN3O3S2. The molecule has 1 heterocycles. The third kappa shape index (κ3) is 3.48. The third-order valence-corrected chi connectivity index (χ3v) is 5.00. The zero-order chi connectivity index (χ0) is 14.9. The number of thiophene rings is 1. The highest BCUT2D eigenvalue weighted by Crippen LogP contribution is 2.35. The van der Waals surface area contributed by atoms with Crippen molar-refractivity contribution in [2.24, 2.45) is 5.14 Å². The summed E-state index contributed by atoms with van der Waals surface area (Å²) >= 11 is 4.61. The van der Waals surface area contributed by atoms with Gasteiger partial charge in [0, 0.05) is 21.1 Å². The number of nitrogen functional groups attached to an aromatic ring is 1. The molecule has 1 aromatic carbocycles. The van der Waals surface area contributed by atoms with Crippen LogP contribution in [0.2, 0.25) is 0 Å². The van der Waals surface area contributed by atoms with E-state index in [1.165, 1.54) is 11.3 Å². The quantitative estimate of drug-likeness (QED) is 0.743. The molecule has 0 fully saturated rings. The standard InChI is InChI=1S/C11H12BrN3O3S2/c12-6-1-2-7-8(5-6)19-10(9(7)13)11(16)15-3-4-20(14,17)18/h1-2,5H,3-4,13H2,(H,15,16)(H2,14,17,18). The van der Waals surface area contributed by atoms with Crippen LogP contribution in [0.25, 0.3) is 10.1 Å². The number of primary sulfonamides is 1. The summed E-state index contributed by atoms with van der Waals surface area (Å²) in [5.74, 6) is -0.710. The van der Waals surface area contributed by atoms with Crippen molar-refractivity contribution in [3.05, 3.63) is 27.5 Å². The lowest BCUT2D eigenvalue weighted by atomic mass is 10.2. The van der Waals surface area contributed by atoms with Crippen molar-refractivity contribution in [2.75, 3.05) is 18.0 Å². The Kier molecular flexibility index (Phi) is 4.33. The fourth-order valence-electron chi connectivity index (χ4n) is 1.65. The smallest absolute Gasteiger partial charge is 0.263 e. The maximum absolute atomic E-state index is 12.0. The first kappa shape index (κ1) is 15.2. The van der Waals surface area contributed by atoms with E-state index < -0.39 is 15.9 Å². The van der Waals surface area contributed by atoms with Crippen molar-refractivity contribution in [1.82, 2.24) is 5.32 Å². The molecular weight excluding hydrogens is 366 g/mol. The predicted octanol–water partition coefficient (Wildman–Crippen LogP) is 1.26. The molecule has 0 aliphatic carbocycles. The average molecular weight is 378 g/mol. The molecule has 0 spiro atoms. The zero-order valence-corrected chi connectivity index (χ0v) is 13.4. The normalized spacial score (nSPS) is 11.7. The van der Waals surface area contributed by atoms with Crippen molar-refractivity contribution in [2.45, 2.75) is 0 Å². The zero-order valence-electron chi connectivity index (χ0n) is 10.2. The van der Waals surface area contributed by atoms with E-state index in [0.29, 0.717) is 10.6 Å². The molecule has 0 aliphatic rings. The Hall–Kier alpha value is -1.16. The number of nitrogens with one attached hydrogen (secondary N) is 1. The second kappa shape index (κ2) is 5.68. The van der Waals surface area contributed by atoms with Crippen LogP contribution in [0, 0.1) is 0 Å². The van der Waals surface area contributed by atoms with E-state index in [1.807, 2.05) is 18.2 Å². The van der Waals surface area contributed by atoms with Crippen LogP contribution < -0.4 is 16.2 Å². The first-order valence-corrected chi connectivity index (χ1v) is 8.86. The van der Waals surface area contributed by atoms with E-state index in [-0.39, 0.29) is 12.3 Å². The van der Waals surface area contributed by atoms with Gasteiger partial charge >= 0.3 is 0 Å². The van der Waals surface area contributed by atoms with E-state index in [9.17, 15) is 13.2 Å². The second-order valence-corrected chi connectivity index (χ2v) is 7.81.